The van der Waals surface area contributed by atoms with Gasteiger partial charge in [0.15, 0.2) is 0 Å². The van der Waals surface area contributed by atoms with Gasteiger partial charge in [0, 0.05) is 0 Å². The average molecular weight is 140 g/mol. The van der Waals surface area contributed by atoms with Crippen LogP contribution < -0.4 is 0 Å². The van der Waals surface area contributed by atoms with Crippen LogP contribution >= 0.6 is 0 Å². The third kappa shape index (κ3) is 1.84. The fraction of sp³-hybridized carbons (Fsp3) is 0.778. The first-order valence-electron chi connectivity index (χ1n) is 4.06. The molecule has 10 heavy (non-hydrogen) atoms. The maximum atomic E-state index is 9.12. The number of hydrogen-bond donors (Lipinski definition) is 1. The molecule has 1 aliphatic rings. The van der Waals surface area contributed by atoms with Crippen LogP contribution in [0.1, 0.15) is 26.7 Å². The van der Waals surface area contributed by atoms with Gasteiger partial charge in [-0.2, -0.15) is 0 Å². The fourth-order valence-electron chi connectivity index (χ4n) is 1.38. The fourth-order valence-corrected chi connectivity index (χ4v) is 1.38. The standard InChI is InChI=1S/C9H16O/c1-7(2)8-3-5-9(10)6-4-8/h3,5,7-10H,4,6H2,1-2H3/t8-,9+/m1/s1. The van der Waals surface area contributed by atoms with Crippen LogP contribution in [0.5, 0.6) is 0 Å². The molecule has 0 aromatic heterocycles. The molecule has 0 heterocycles. The molecular weight excluding hydrogens is 124 g/mol. The van der Waals surface area contributed by atoms with Crippen LogP contribution in [0.2, 0.25) is 0 Å². The first-order chi connectivity index (χ1) is 4.70. The summed E-state index contributed by atoms with van der Waals surface area (Å²) in [6.45, 7) is 4.46. The molecule has 1 heteroatoms. The van der Waals surface area contributed by atoms with Crippen molar-refractivity contribution >= 4 is 0 Å². The van der Waals surface area contributed by atoms with E-state index in [0.29, 0.717) is 5.92 Å². The second-order valence-corrected chi connectivity index (χ2v) is 3.44. The van der Waals surface area contributed by atoms with Gasteiger partial charge in [0.1, 0.15) is 0 Å². The summed E-state index contributed by atoms with van der Waals surface area (Å²) in [6.07, 6.45) is 6.00. The van der Waals surface area contributed by atoms with Gasteiger partial charge in [-0.25, -0.2) is 0 Å². The summed E-state index contributed by atoms with van der Waals surface area (Å²) < 4.78 is 0. The zero-order chi connectivity index (χ0) is 7.56. The van der Waals surface area contributed by atoms with Crippen LogP contribution in [0, 0.1) is 11.8 Å². The monoisotopic (exact) mass is 140 g/mol. The molecular formula is C9H16O. The lowest BCUT2D eigenvalue weighted by Gasteiger charge is -2.22. The zero-order valence-electron chi connectivity index (χ0n) is 6.75. The van der Waals surface area contributed by atoms with Crippen molar-refractivity contribution in [1.29, 1.82) is 0 Å². The second kappa shape index (κ2) is 3.20. The second-order valence-electron chi connectivity index (χ2n) is 3.44. The van der Waals surface area contributed by atoms with Crippen molar-refractivity contribution in [3.63, 3.8) is 0 Å². The summed E-state index contributed by atoms with van der Waals surface area (Å²) in [7, 11) is 0. The molecule has 0 aliphatic heterocycles. The summed E-state index contributed by atoms with van der Waals surface area (Å²) in [5, 5.41) is 9.12. The van der Waals surface area contributed by atoms with E-state index in [9.17, 15) is 0 Å². The van der Waals surface area contributed by atoms with Crippen molar-refractivity contribution in [1.82, 2.24) is 0 Å². The van der Waals surface area contributed by atoms with Crippen LogP contribution in [0.25, 0.3) is 0 Å². The van der Waals surface area contributed by atoms with E-state index >= 15 is 0 Å². The highest BCUT2D eigenvalue weighted by molar-refractivity contribution is 4.99. The van der Waals surface area contributed by atoms with Crippen LogP contribution in [-0.2, 0) is 0 Å². The van der Waals surface area contributed by atoms with Crippen LogP contribution in [0.15, 0.2) is 12.2 Å². The van der Waals surface area contributed by atoms with Crippen LogP contribution in [0.3, 0.4) is 0 Å². The zero-order valence-corrected chi connectivity index (χ0v) is 6.75. The van der Waals surface area contributed by atoms with Crippen molar-refractivity contribution < 1.29 is 5.11 Å². The Balaban J connectivity index is 2.45. The van der Waals surface area contributed by atoms with Gasteiger partial charge in [0.2, 0.25) is 0 Å². The Labute approximate surface area is 62.8 Å². The summed E-state index contributed by atoms with van der Waals surface area (Å²) in [5.74, 6) is 1.42. The predicted molar refractivity (Wildman–Crippen MR) is 42.7 cm³/mol. The Morgan fingerprint density at radius 2 is 2.00 bits per heavy atom. The number of aliphatic hydroxyl groups is 1. The molecule has 0 unspecified atom stereocenters. The van der Waals surface area contributed by atoms with E-state index in [1.165, 1.54) is 0 Å². The number of aliphatic hydroxyl groups excluding tert-OH is 1. The molecule has 0 amide bonds. The summed E-state index contributed by atoms with van der Waals surface area (Å²) >= 11 is 0. The van der Waals surface area contributed by atoms with E-state index in [-0.39, 0.29) is 6.10 Å². The lowest BCUT2D eigenvalue weighted by Crippen LogP contribution is -2.15. The van der Waals surface area contributed by atoms with Gasteiger partial charge in [-0.15, -0.1) is 0 Å². The Morgan fingerprint density at radius 3 is 2.40 bits per heavy atom. The highest BCUT2D eigenvalue weighted by atomic mass is 16.3. The molecule has 1 aliphatic carbocycles. The smallest absolute Gasteiger partial charge is 0.0721 e. The molecule has 2 atom stereocenters. The molecule has 0 bridgehead atoms. The molecule has 1 N–H and O–H groups in total. The minimum absolute atomic E-state index is 0.171. The number of rotatable bonds is 1. The average Bonchev–Trinajstić information content (AvgIpc) is 1.88. The molecule has 0 fully saturated rings. The quantitative estimate of drug-likeness (QED) is 0.552. The minimum Gasteiger partial charge on any atom is -0.389 e. The largest absolute Gasteiger partial charge is 0.389 e. The van der Waals surface area contributed by atoms with Gasteiger partial charge in [0.05, 0.1) is 6.10 Å². The maximum absolute atomic E-state index is 9.12. The Bertz CT molecular complexity index is 127. The molecule has 0 saturated carbocycles. The van der Waals surface area contributed by atoms with Crippen molar-refractivity contribution in [3.05, 3.63) is 12.2 Å². The van der Waals surface area contributed by atoms with Crippen LogP contribution in [-0.4, -0.2) is 11.2 Å². The van der Waals surface area contributed by atoms with E-state index in [0.717, 1.165) is 18.8 Å². The highest BCUT2D eigenvalue weighted by Crippen LogP contribution is 2.23. The van der Waals surface area contributed by atoms with E-state index in [2.05, 4.69) is 19.9 Å². The molecule has 0 spiro atoms. The summed E-state index contributed by atoms with van der Waals surface area (Å²) in [6, 6.07) is 0. The normalized spacial score (nSPS) is 33.2. The first-order valence-corrected chi connectivity index (χ1v) is 4.06. The van der Waals surface area contributed by atoms with Crippen LogP contribution in [0.4, 0.5) is 0 Å². The molecule has 1 rings (SSSR count). The van der Waals surface area contributed by atoms with Gasteiger partial charge < -0.3 is 5.11 Å². The van der Waals surface area contributed by atoms with Crippen molar-refractivity contribution in [2.45, 2.75) is 32.8 Å². The number of hydrogen-bond acceptors (Lipinski definition) is 1. The third-order valence-corrected chi connectivity index (χ3v) is 2.23. The SMILES string of the molecule is CC(C)[C@@H]1C=C[C@H](O)CC1. The topological polar surface area (TPSA) is 20.2 Å². The predicted octanol–water partition coefficient (Wildman–Crippen LogP) is 1.97. The summed E-state index contributed by atoms with van der Waals surface area (Å²) in [5.41, 5.74) is 0. The van der Waals surface area contributed by atoms with Gasteiger partial charge in [-0.05, 0) is 24.7 Å². The molecule has 0 saturated heterocycles. The highest BCUT2D eigenvalue weighted by Gasteiger charge is 2.15. The first kappa shape index (κ1) is 7.80. The van der Waals surface area contributed by atoms with Crippen molar-refractivity contribution in [3.8, 4) is 0 Å². The molecule has 0 aromatic rings. The third-order valence-electron chi connectivity index (χ3n) is 2.23. The Hall–Kier alpha value is -0.300. The Morgan fingerprint density at radius 1 is 1.30 bits per heavy atom. The molecule has 0 aromatic carbocycles. The van der Waals surface area contributed by atoms with Crippen molar-refractivity contribution in [2.75, 3.05) is 0 Å². The minimum atomic E-state index is -0.171. The van der Waals surface area contributed by atoms with Gasteiger partial charge >= 0.3 is 0 Å². The van der Waals surface area contributed by atoms with Gasteiger partial charge in [-0.1, -0.05) is 26.0 Å². The number of allylic oxidation sites excluding steroid dienone is 1. The van der Waals surface area contributed by atoms with Gasteiger partial charge in [-0.3, -0.25) is 0 Å². The lowest BCUT2D eigenvalue weighted by molar-refractivity contribution is 0.188. The summed E-state index contributed by atoms with van der Waals surface area (Å²) in [4.78, 5) is 0. The molecule has 1 nitrogen and oxygen atoms in total. The molecule has 0 radical (unpaired) electrons. The van der Waals surface area contributed by atoms with E-state index in [4.69, 9.17) is 5.11 Å². The van der Waals surface area contributed by atoms with E-state index < -0.39 is 0 Å². The van der Waals surface area contributed by atoms with E-state index in [1.807, 2.05) is 6.08 Å². The Kier molecular flexibility index (Phi) is 2.50. The van der Waals surface area contributed by atoms with Crippen molar-refractivity contribution in [2.24, 2.45) is 11.8 Å². The molecule has 58 valence electrons. The van der Waals surface area contributed by atoms with E-state index in [1.54, 1.807) is 0 Å². The van der Waals surface area contributed by atoms with Gasteiger partial charge in [0.25, 0.3) is 0 Å². The maximum Gasteiger partial charge on any atom is 0.0721 e. The lowest BCUT2D eigenvalue weighted by atomic mass is 9.86.